The van der Waals surface area contributed by atoms with Gasteiger partial charge in [0.05, 0.1) is 5.69 Å². The van der Waals surface area contributed by atoms with Crippen LogP contribution < -0.4 is 5.73 Å². The SMILES string of the molecule is CCC(=O)OC[C@H]1O[C@@](C)(c2ccc3c(N)ncnn23)C[C@@H]1OC(=O)CC. The number of nitrogen functional groups attached to an aromatic ring is 1. The summed E-state index contributed by atoms with van der Waals surface area (Å²) in [6, 6.07) is 3.68. The van der Waals surface area contributed by atoms with Gasteiger partial charge in [0.1, 0.15) is 36.3 Å². The number of esters is 2. The third kappa shape index (κ3) is 3.73. The number of aromatic nitrogens is 3. The van der Waals surface area contributed by atoms with Crippen molar-refractivity contribution in [3.05, 3.63) is 24.2 Å². The van der Waals surface area contributed by atoms with Gasteiger partial charge in [0.25, 0.3) is 0 Å². The van der Waals surface area contributed by atoms with Crippen LogP contribution in [0.5, 0.6) is 0 Å². The largest absolute Gasteiger partial charge is 0.463 e. The van der Waals surface area contributed by atoms with Crippen LogP contribution in [0.3, 0.4) is 0 Å². The second-order valence-corrected chi connectivity index (χ2v) is 6.67. The van der Waals surface area contributed by atoms with Gasteiger partial charge in [0.15, 0.2) is 5.82 Å². The number of hydrogen-bond acceptors (Lipinski definition) is 8. The highest BCUT2D eigenvalue weighted by Gasteiger charge is 2.48. The minimum atomic E-state index is -0.796. The minimum absolute atomic E-state index is 0.0182. The number of nitrogens with zero attached hydrogens (tertiary/aromatic N) is 3. The lowest BCUT2D eigenvalue weighted by molar-refractivity contribution is -0.159. The Labute approximate surface area is 156 Å². The van der Waals surface area contributed by atoms with E-state index in [2.05, 4.69) is 10.1 Å². The maximum Gasteiger partial charge on any atom is 0.305 e. The van der Waals surface area contributed by atoms with E-state index in [1.807, 2.05) is 19.1 Å². The zero-order valence-corrected chi connectivity index (χ0v) is 15.7. The second-order valence-electron chi connectivity index (χ2n) is 6.67. The Morgan fingerprint density at radius 3 is 2.78 bits per heavy atom. The van der Waals surface area contributed by atoms with Crippen molar-refractivity contribution in [2.24, 2.45) is 0 Å². The molecule has 0 unspecified atom stereocenters. The number of fused-ring (bicyclic) bond motifs is 1. The molecule has 0 saturated carbocycles. The number of nitrogens with two attached hydrogens (primary N) is 1. The molecule has 0 aromatic carbocycles. The summed E-state index contributed by atoms with van der Waals surface area (Å²) in [4.78, 5) is 27.4. The van der Waals surface area contributed by atoms with Crippen molar-refractivity contribution in [1.29, 1.82) is 0 Å². The zero-order chi connectivity index (χ0) is 19.6. The van der Waals surface area contributed by atoms with Gasteiger partial charge in [-0.1, -0.05) is 13.8 Å². The molecule has 0 amide bonds. The molecule has 3 rings (SSSR count). The molecule has 0 bridgehead atoms. The van der Waals surface area contributed by atoms with E-state index < -0.39 is 17.8 Å². The highest BCUT2D eigenvalue weighted by atomic mass is 16.6. The smallest absolute Gasteiger partial charge is 0.305 e. The number of carbonyl (C=O) groups excluding carboxylic acids is 2. The van der Waals surface area contributed by atoms with Crippen molar-refractivity contribution in [3.63, 3.8) is 0 Å². The standard InChI is InChI=1S/C18H24N4O5/c1-4-15(23)25-9-13-12(26-16(24)5-2)8-18(3,27-13)14-7-6-11-17(19)20-10-21-22(11)14/h6-7,10,12-13H,4-5,8-9H2,1-3H3,(H2,19,20,21)/t12-,13+,18+/m0/s1. The van der Waals surface area contributed by atoms with E-state index in [4.69, 9.17) is 19.9 Å². The van der Waals surface area contributed by atoms with E-state index in [0.717, 1.165) is 5.69 Å². The Morgan fingerprint density at radius 2 is 2.07 bits per heavy atom. The third-order valence-corrected chi connectivity index (χ3v) is 4.71. The first kappa shape index (κ1) is 19.1. The quantitative estimate of drug-likeness (QED) is 0.755. The van der Waals surface area contributed by atoms with Crippen LogP contribution in [0.25, 0.3) is 5.52 Å². The average molecular weight is 376 g/mol. The van der Waals surface area contributed by atoms with Gasteiger partial charge in [0, 0.05) is 19.3 Å². The van der Waals surface area contributed by atoms with Gasteiger partial charge in [-0.05, 0) is 19.1 Å². The lowest BCUT2D eigenvalue weighted by Gasteiger charge is -2.24. The van der Waals surface area contributed by atoms with E-state index in [1.54, 1.807) is 18.4 Å². The highest BCUT2D eigenvalue weighted by molar-refractivity contribution is 5.69. The Morgan fingerprint density at radius 1 is 1.33 bits per heavy atom. The monoisotopic (exact) mass is 376 g/mol. The Hall–Kier alpha value is -2.68. The fourth-order valence-corrected chi connectivity index (χ4v) is 3.28. The van der Waals surface area contributed by atoms with Gasteiger partial charge in [-0.3, -0.25) is 9.59 Å². The van der Waals surface area contributed by atoms with Gasteiger partial charge < -0.3 is 19.9 Å². The summed E-state index contributed by atoms with van der Waals surface area (Å²) < 4.78 is 18.7. The predicted molar refractivity (Wildman–Crippen MR) is 95.7 cm³/mol. The van der Waals surface area contributed by atoms with Crippen molar-refractivity contribution >= 4 is 23.3 Å². The first-order valence-electron chi connectivity index (χ1n) is 8.99. The number of ether oxygens (including phenoxy) is 3. The van der Waals surface area contributed by atoms with Crippen LogP contribution in [0.4, 0.5) is 5.82 Å². The lowest BCUT2D eigenvalue weighted by atomic mass is 9.96. The molecule has 1 aliphatic rings. The molecule has 0 aliphatic carbocycles. The topological polar surface area (TPSA) is 118 Å². The molecule has 146 valence electrons. The fraction of sp³-hybridized carbons (Fsp3) is 0.556. The third-order valence-electron chi connectivity index (χ3n) is 4.71. The summed E-state index contributed by atoms with van der Waals surface area (Å²) in [5, 5.41) is 4.26. The van der Waals surface area contributed by atoms with E-state index in [1.165, 1.54) is 6.33 Å². The molecule has 2 aromatic heterocycles. The van der Waals surface area contributed by atoms with Crippen LogP contribution in [0.15, 0.2) is 18.5 Å². The van der Waals surface area contributed by atoms with Gasteiger partial charge in [-0.15, -0.1) is 0 Å². The van der Waals surface area contributed by atoms with Gasteiger partial charge in [-0.2, -0.15) is 5.10 Å². The van der Waals surface area contributed by atoms with Crippen molar-refractivity contribution in [2.75, 3.05) is 12.3 Å². The van der Waals surface area contributed by atoms with Crippen LogP contribution >= 0.6 is 0 Å². The maximum atomic E-state index is 11.8. The first-order chi connectivity index (χ1) is 12.9. The highest BCUT2D eigenvalue weighted by Crippen LogP contribution is 2.41. The lowest BCUT2D eigenvalue weighted by Crippen LogP contribution is -2.32. The minimum Gasteiger partial charge on any atom is -0.463 e. The molecule has 9 heteroatoms. The van der Waals surface area contributed by atoms with Gasteiger partial charge >= 0.3 is 11.9 Å². The molecule has 2 aromatic rings. The molecule has 27 heavy (non-hydrogen) atoms. The van der Waals surface area contributed by atoms with Crippen LogP contribution in [-0.4, -0.2) is 45.4 Å². The zero-order valence-electron chi connectivity index (χ0n) is 15.7. The van der Waals surface area contributed by atoms with E-state index in [0.29, 0.717) is 17.8 Å². The van der Waals surface area contributed by atoms with Gasteiger partial charge in [-0.25, -0.2) is 9.50 Å². The molecular formula is C18H24N4O5. The van der Waals surface area contributed by atoms with Crippen LogP contribution in [0.1, 0.15) is 45.7 Å². The molecule has 0 radical (unpaired) electrons. The van der Waals surface area contributed by atoms with Crippen molar-refractivity contribution in [2.45, 2.75) is 57.8 Å². The van der Waals surface area contributed by atoms with E-state index >= 15 is 0 Å². The maximum absolute atomic E-state index is 11.8. The van der Waals surface area contributed by atoms with E-state index in [9.17, 15) is 9.59 Å². The first-order valence-corrected chi connectivity index (χ1v) is 8.99. The molecule has 1 aliphatic heterocycles. The Balaban J connectivity index is 1.89. The molecule has 1 saturated heterocycles. The predicted octanol–water partition coefficient (Wildman–Crippen LogP) is 1.59. The number of hydrogen-bond donors (Lipinski definition) is 1. The second kappa shape index (κ2) is 7.51. The molecule has 3 heterocycles. The average Bonchev–Trinajstić information content (AvgIpc) is 3.22. The Bertz CT molecular complexity index is 851. The number of carbonyl (C=O) groups is 2. The molecule has 1 fully saturated rings. The fourth-order valence-electron chi connectivity index (χ4n) is 3.28. The molecule has 9 nitrogen and oxygen atoms in total. The normalized spacial score (nSPS) is 24.9. The summed E-state index contributed by atoms with van der Waals surface area (Å²) in [5.41, 5.74) is 6.53. The summed E-state index contributed by atoms with van der Waals surface area (Å²) in [6.07, 6.45) is 1.21. The summed E-state index contributed by atoms with van der Waals surface area (Å²) in [5.74, 6) is -0.298. The Kier molecular flexibility index (Phi) is 5.31. The number of rotatable bonds is 6. The summed E-state index contributed by atoms with van der Waals surface area (Å²) in [6.45, 7) is 5.35. The van der Waals surface area contributed by atoms with Gasteiger partial charge in [0.2, 0.25) is 0 Å². The molecule has 0 spiro atoms. The molecular weight excluding hydrogens is 352 g/mol. The summed E-state index contributed by atoms with van der Waals surface area (Å²) in [7, 11) is 0. The molecule has 3 atom stereocenters. The summed E-state index contributed by atoms with van der Waals surface area (Å²) >= 11 is 0. The van der Waals surface area contributed by atoms with E-state index in [-0.39, 0.29) is 31.4 Å². The van der Waals surface area contributed by atoms with Crippen LogP contribution in [0.2, 0.25) is 0 Å². The molecule has 2 N–H and O–H groups in total. The van der Waals surface area contributed by atoms with Crippen molar-refractivity contribution in [1.82, 2.24) is 14.6 Å². The van der Waals surface area contributed by atoms with Crippen molar-refractivity contribution in [3.8, 4) is 0 Å². The van der Waals surface area contributed by atoms with Crippen LogP contribution in [0, 0.1) is 0 Å². The van der Waals surface area contributed by atoms with Crippen molar-refractivity contribution < 1.29 is 23.8 Å². The van der Waals surface area contributed by atoms with Crippen LogP contribution in [-0.2, 0) is 29.4 Å². The number of anilines is 1.